The predicted molar refractivity (Wildman–Crippen MR) is 102 cm³/mol. The van der Waals surface area contributed by atoms with Crippen molar-refractivity contribution in [2.45, 2.75) is 43.7 Å². The summed E-state index contributed by atoms with van der Waals surface area (Å²) in [4.78, 5) is 14.8. The molecule has 1 fully saturated rings. The fraction of sp³-hybridized carbons (Fsp3) is 0.409. The van der Waals surface area contributed by atoms with Gasteiger partial charge in [0.2, 0.25) is 0 Å². The second-order valence-corrected chi connectivity index (χ2v) is 7.81. The first-order valence-corrected chi connectivity index (χ1v) is 9.14. The molecule has 1 heterocycles. The number of carboxylic acid groups (broad SMARTS) is 1. The molecular weight excluding hydrogens is 326 g/mol. The number of hydrogen-bond donors (Lipinski definition) is 2. The molecule has 2 N–H and O–H groups in total. The molecule has 138 valence electrons. The van der Waals surface area contributed by atoms with E-state index in [2.05, 4.69) is 18.7 Å². The van der Waals surface area contributed by atoms with Crippen LogP contribution < -0.4 is 0 Å². The zero-order chi connectivity index (χ0) is 18.8. The van der Waals surface area contributed by atoms with Crippen LogP contribution in [0.25, 0.3) is 0 Å². The van der Waals surface area contributed by atoms with Gasteiger partial charge in [-0.3, -0.25) is 9.69 Å². The Hall–Kier alpha value is -2.17. The number of benzene rings is 2. The highest BCUT2D eigenvalue weighted by Crippen LogP contribution is 2.40. The average Bonchev–Trinajstić information content (AvgIpc) is 2.61. The summed E-state index contributed by atoms with van der Waals surface area (Å²) >= 11 is 0. The lowest BCUT2D eigenvalue weighted by Crippen LogP contribution is -2.60. The van der Waals surface area contributed by atoms with Crippen LogP contribution in [-0.2, 0) is 10.2 Å². The Morgan fingerprint density at radius 2 is 1.42 bits per heavy atom. The number of aliphatic carboxylic acids is 1. The van der Waals surface area contributed by atoms with Crippen LogP contribution in [0.1, 0.15) is 37.8 Å². The minimum absolute atomic E-state index is 0.163. The van der Waals surface area contributed by atoms with Crippen LogP contribution in [0.3, 0.4) is 0 Å². The molecule has 2 aromatic rings. The van der Waals surface area contributed by atoms with Gasteiger partial charge in [-0.15, -0.1) is 0 Å². The maximum Gasteiger partial charge on any atom is 0.318 e. The second kappa shape index (κ2) is 7.22. The number of likely N-dealkylation sites (tertiary alicyclic amines) is 1. The molecule has 0 atom stereocenters. The molecule has 4 heteroatoms. The third-order valence-corrected chi connectivity index (χ3v) is 5.73. The summed E-state index contributed by atoms with van der Waals surface area (Å²) in [5.74, 6) is -0.825. The summed E-state index contributed by atoms with van der Waals surface area (Å²) < 4.78 is 0. The monoisotopic (exact) mass is 353 g/mol. The van der Waals surface area contributed by atoms with Crippen LogP contribution in [0, 0.1) is 0 Å². The Morgan fingerprint density at radius 1 is 0.962 bits per heavy atom. The Bertz CT molecular complexity index is 697. The van der Waals surface area contributed by atoms with Crippen molar-refractivity contribution in [2.75, 3.05) is 13.1 Å². The molecule has 26 heavy (non-hydrogen) atoms. The Morgan fingerprint density at radius 3 is 1.81 bits per heavy atom. The smallest absolute Gasteiger partial charge is 0.318 e. The molecular formula is C22H27NO3. The molecule has 4 nitrogen and oxygen atoms in total. The zero-order valence-electron chi connectivity index (χ0n) is 15.4. The first-order chi connectivity index (χ1) is 12.4. The molecule has 0 unspecified atom stereocenters. The molecule has 0 aromatic heterocycles. The molecule has 3 rings (SSSR count). The SMILES string of the molecule is CC(C)(CCC(C(=O)O)(c1ccccc1)c1ccccc1)N1CC(O)C1. The molecule has 1 aliphatic rings. The molecule has 0 aliphatic carbocycles. The molecule has 0 spiro atoms. The van der Waals surface area contributed by atoms with E-state index in [1.807, 2.05) is 60.7 Å². The summed E-state index contributed by atoms with van der Waals surface area (Å²) in [6.45, 7) is 5.57. The summed E-state index contributed by atoms with van der Waals surface area (Å²) in [6.07, 6.45) is 0.952. The average molecular weight is 353 g/mol. The minimum Gasteiger partial charge on any atom is -0.480 e. The second-order valence-electron chi connectivity index (χ2n) is 7.81. The van der Waals surface area contributed by atoms with E-state index in [9.17, 15) is 15.0 Å². The van der Waals surface area contributed by atoms with E-state index >= 15 is 0 Å². The molecule has 1 aliphatic heterocycles. The highest BCUT2D eigenvalue weighted by atomic mass is 16.4. The van der Waals surface area contributed by atoms with Crippen LogP contribution >= 0.6 is 0 Å². The number of β-amino-alcohol motifs (C(OH)–C–C–N with tert-alkyl or cyclic N) is 1. The number of carbonyl (C=O) groups is 1. The first kappa shape index (κ1) is 18.6. The molecule has 0 bridgehead atoms. The quantitative estimate of drug-likeness (QED) is 0.802. The summed E-state index contributed by atoms with van der Waals surface area (Å²) in [5.41, 5.74) is 0.364. The largest absolute Gasteiger partial charge is 0.480 e. The Labute approximate surface area is 155 Å². The normalized spacial score (nSPS) is 16.3. The Balaban J connectivity index is 1.97. The van der Waals surface area contributed by atoms with Gasteiger partial charge in [-0.2, -0.15) is 0 Å². The molecule has 2 aromatic carbocycles. The van der Waals surface area contributed by atoms with Gasteiger partial charge in [-0.05, 0) is 37.8 Å². The lowest BCUT2D eigenvalue weighted by molar-refractivity contribution is -0.143. The molecule has 0 saturated carbocycles. The maximum absolute atomic E-state index is 12.6. The van der Waals surface area contributed by atoms with Crippen molar-refractivity contribution >= 4 is 5.97 Å². The summed E-state index contributed by atoms with van der Waals surface area (Å²) in [5, 5.41) is 19.9. The minimum atomic E-state index is -1.08. The fourth-order valence-electron chi connectivity index (χ4n) is 3.86. The van der Waals surface area contributed by atoms with Crippen molar-refractivity contribution < 1.29 is 15.0 Å². The van der Waals surface area contributed by atoms with Crippen LogP contribution in [0.5, 0.6) is 0 Å². The number of aliphatic hydroxyl groups excluding tert-OH is 1. The van der Waals surface area contributed by atoms with Gasteiger partial charge in [0, 0.05) is 18.6 Å². The van der Waals surface area contributed by atoms with Gasteiger partial charge >= 0.3 is 5.97 Å². The van der Waals surface area contributed by atoms with Gasteiger partial charge in [0.25, 0.3) is 0 Å². The topological polar surface area (TPSA) is 60.8 Å². The number of rotatable bonds is 7. The zero-order valence-corrected chi connectivity index (χ0v) is 15.4. The summed E-state index contributed by atoms with van der Waals surface area (Å²) in [7, 11) is 0. The van der Waals surface area contributed by atoms with Crippen molar-refractivity contribution in [3.05, 3.63) is 71.8 Å². The van der Waals surface area contributed by atoms with Crippen molar-refractivity contribution in [3.63, 3.8) is 0 Å². The molecule has 0 amide bonds. The van der Waals surface area contributed by atoms with Crippen molar-refractivity contribution in [1.82, 2.24) is 4.90 Å². The van der Waals surface area contributed by atoms with E-state index < -0.39 is 11.4 Å². The van der Waals surface area contributed by atoms with Crippen LogP contribution in [0.2, 0.25) is 0 Å². The number of nitrogens with zero attached hydrogens (tertiary/aromatic N) is 1. The van der Waals surface area contributed by atoms with Crippen molar-refractivity contribution in [1.29, 1.82) is 0 Å². The third kappa shape index (κ3) is 3.39. The van der Waals surface area contributed by atoms with E-state index in [0.29, 0.717) is 19.5 Å². The number of carboxylic acids is 1. The maximum atomic E-state index is 12.6. The van der Waals surface area contributed by atoms with Crippen molar-refractivity contribution in [2.24, 2.45) is 0 Å². The van der Waals surface area contributed by atoms with Gasteiger partial charge < -0.3 is 10.2 Å². The fourth-order valence-corrected chi connectivity index (χ4v) is 3.86. The van der Waals surface area contributed by atoms with E-state index in [1.54, 1.807) is 0 Å². The van der Waals surface area contributed by atoms with Crippen LogP contribution in [0.15, 0.2) is 60.7 Å². The van der Waals surface area contributed by atoms with Crippen LogP contribution in [0.4, 0.5) is 0 Å². The van der Waals surface area contributed by atoms with E-state index in [0.717, 1.165) is 17.5 Å². The standard InChI is InChI=1S/C22H27NO3/c1-21(2,23-15-19(24)16-23)13-14-22(20(25)26,17-9-5-3-6-10-17)18-11-7-4-8-12-18/h3-12,19,24H,13-16H2,1-2H3,(H,25,26). The molecule has 1 saturated heterocycles. The Kier molecular flexibility index (Phi) is 5.17. The van der Waals surface area contributed by atoms with E-state index in [4.69, 9.17) is 0 Å². The van der Waals surface area contributed by atoms with E-state index in [1.165, 1.54) is 0 Å². The highest BCUT2D eigenvalue weighted by molar-refractivity contribution is 5.86. The van der Waals surface area contributed by atoms with Crippen molar-refractivity contribution in [3.8, 4) is 0 Å². The van der Waals surface area contributed by atoms with Gasteiger partial charge in [0.15, 0.2) is 0 Å². The van der Waals surface area contributed by atoms with Gasteiger partial charge in [0.05, 0.1) is 6.10 Å². The number of aliphatic hydroxyl groups is 1. The lowest BCUT2D eigenvalue weighted by Gasteiger charge is -2.48. The van der Waals surface area contributed by atoms with Gasteiger partial charge in [0.1, 0.15) is 5.41 Å². The van der Waals surface area contributed by atoms with Gasteiger partial charge in [-0.25, -0.2) is 0 Å². The number of hydrogen-bond acceptors (Lipinski definition) is 3. The van der Waals surface area contributed by atoms with Gasteiger partial charge in [-0.1, -0.05) is 60.7 Å². The highest BCUT2D eigenvalue weighted by Gasteiger charge is 2.45. The first-order valence-electron chi connectivity index (χ1n) is 9.14. The lowest BCUT2D eigenvalue weighted by atomic mass is 9.69. The summed E-state index contributed by atoms with van der Waals surface area (Å²) in [6, 6.07) is 19.0. The predicted octanol–water partition coefficient (Wildman–Crippen LogP) is 3.29. The molecule has 0 radical (unpaired) electrons. The van der Waals surface area contributed by atoms with E-state index in [-0.39, 0.29) is 11.6 Å². The third-order valence-electron chi connectivity index (χ3n) is 5.73. The van der Waals surface area contributed by atoms with Crippen LogP contribution in [-0.4, -0.2) is 45.8 Å².